The zero-order valence-electron chi connectivity index (χ0n) is 15.4. The van der Waals surface area contributed by atoms with Crippen LogP contribution >= 0.6 is 0 Å². The Kier molecular flexibility index (Phi) is 5.94. The van der Waals surface area contributed by atoms with E-state index in [9.17, 15) is 13.2 Å². The number of hydrogen-bond acceptors (Lipinski definition) is 5. The zero-order chi connectivity index (χ0) is 19.4. The van der Waals surface area contributed by atoms with Crippen LogP contribution in [0.4, 0.5) is 0 Å². The lowest BCUT2D eigenvalue weighted by molar-refractivity contribution is -0.142. The van der Waals surface area contributed by atoms with Crippen molar-refractivity contribution in [1.82, 2.24) is 4.31 Å². The zero-order valence-corrected chi connectivity index (χ0v) is 16.2. The van der Waals surface area contributed by atoms with E-state index in [0.717, 1.165) is 16.7 Å². The molecule has 2 aromatic rings. The van der Waals surface area contributed by atoms with Crippen molar-refractivity contribution in [2.24, 2.45) is 0 Å². The maximum Gasteiger partial charge on any atom is 0.310 e. The molecule has 3 rings (SSSR count). The summed E-state index contributed by atoms with van der Waals surface area (Å²) in [5, 5.41) is 0. The molecule has 0 amide bonds. The van der Waals surface area contributed by atoms with Gasteiger partial charge in [-0.3, -0.25) is 4.79 Å². The second kappa shape index (κ2) is 8.21. The standard InChI is InChI=1S/C20H23NO5S/c1-3-25-20(22)11-15-7-9-16(10-8-15)17-5-4-6-19(12-17)27(23,24)21(2)13-18-14-26-18/h4-10,12,18H,3,11,13-14H2,1-2H3/t18-/m0/s1. The molecule has 0 bridgehead atoms. The van der Waals surface area contributed by atoms with Gasteiger partial charge in [0.2, 0.25) is 10.0 Å². The molecule has 0 saturated carbocycles. The fraction of sp³-hybridized carbons (Fsp3) is 0.350. The van der Waals surface area contributed by atoms with Gasteiger partial charge in [0.05, 0.1) is 30.6 Å². The normalized spacial score (nSPS) is 16.3. The van der Waals surface area contributed by atoms with Gasteiger partial charge < -0.3 is 9.47 Å². The highest BCUT2D eigenvalue weighted by atomic mass is 32.2. The van der Waals surface area contributed by atoms with E-state index in [1.165, 1.54) is 4.31 Å². The molecule has 27 heavy (non-hydrogen) atoms. The molecule has 2 aromatic carbocycles. The van der Waals surface area contributed by atoms with Crippen LogP contribution in [-0.2, 0) is 30.7 Å². The first-order valence-corrected chi connectivity index (χ1v) is 10.3. The molecule has 0 spiro atoms. The molecule has 1 aliphatic rings. The van der Waals surface area contributed by atoms with Gasteiger partial charge >= 0.3 is 5.97 Å². The Labute approximate surface area is 159 Å². The van der Waals surface area contributed by atoms with Crippen molar-refractivity contribution in [3.63, 3.8) is 0 Å². The number of hydrogen-bond donors (Lipinski definition) is 0. The topological polar surface area (TPSA) is 76.2 Å². The Bertz CT molecular complexity index is 904. The van der Waals surface area contributed by atoms with E-state index in [2.05, 4.69) is 0 Å². The first-order chi connectivity index (χ1) is 12.9. The second-order valence-corrected chi connectivity index (χ2v) is 8.49. The van der Waals surface area contributed by atoms with Crippen LogP contribution in [-0.4, -0.2) is 51.6 Å². The third kappa shape index (κ3) is 4.94. The third-order valence-corrected chi connectivity index (χ3v) is 6.17. The first kappa shape index (κ1) is 19.5. The van der Waals surface area contributed by atoms with E-state index < -0.39 is 10.0 Å². The van der Waals surface area contributed by atoms with Crippen molar-refractivity contribution < 1.29 is 22.7 Å². The van der Waals surface area contributed by atoms with Gasteiger partial charge in [-0.05, 0) is 35.7 Å². The summed E-state index contributed by atoms with van der Waals surface area (Å²) in [7, 11) is -2.00. The lowest BCUT2D eigenvalue weighted by atomic mass is 10.0. The van der Waals surface area contributed by atoms with Gasteiger partial charge in [0.1, 0.15) is 0 Å². The van der Waals surface area contributed by atoms with E-state index in [-0.39, 0.29) is 23.4 Å². The van der Waals surface area contributed by atoms with E-state index in [0.29, 0.717) is 19.8 Å². The Morgan fingerprint density at radius 3 is 2.52 bits per heavy atom. The Morgan fingerprint density at radius 2 is 1.89 bits per heavy atom. The number of carbonyl (C=O) groups is 1. The van der Waals surface area contributed by atoms with Gasteiger partial charge in [0, 0.05) is 13.6 Å². The first-order valence-electron chi connectivity index (χ1n) is 8.83. The average Bonchev–Trinajstić information content (AvgIpc) is 3.46. The molecule has 0 aromatic heterocycles. The second-order valence-electron chi connectivity index (χ2n) is 6.45. The molecule has 1 heterocycles. The van der Waals surface area contributed by atoms with Crippen molar-refractivity contribution in [3.05, 3.63) is 54.1 Å². The molecular weight excluding hydrogens is 366 g/mol. The van der Waals surface area contributed by atoms with Gasteiger partial charge in [0.25, 0.3) is 0 Å². The SMILES string of the molecule is CCOC(=O)Cc1ccc(-c2cccc(S(=O)(=O)N(C)C[C@H]3CO3)c2)cc1. The lowest BCUT2D eigenvalue weighted by Gasteiger charge is -2.16. The summed E-state index contributed by atoms with van der Waals surface area (Å²) in [6, 6.07) is 14.3. The quantitative estimate of drug-likeness (QED) is 0.512. The minimum Gasteiger partial charge on any atom is -0.466 e. The van der Waals surface area contributed by atoms with E-state index >= 15 is 0 Å². The molecule has 0 aliphatic carbocycles. The van der Waals surface area contributed by atoms with Gasteiger partial charge in [-0.2, -0.15) is 4.31 Å². The predicted octanol–water partition coefficient (Wildman–Crippen LogP) is 2.48. The summed E-state index contributed by atoms with van der Waals surface area (Å²) in [5.74, 6) is -0.263. The molecule has 6 nitrogen and oxygen atoms in total. The molecule has 0 unspecified atom stereocenters. The van der Waals surface area contributed by atoms with Crippen LogP contribution in [0, 0.1) is 0 Å². The van der Waals surface area contributed by atoms with Crippen LogP contribution in [0.3, 0.4) is 0 Å². The molecule has 144 valence electrons. The van der Waals surface area contributed by atoms with E-state index in [1.807, 2.05) is 30.3 Å². The molecule has 1 aliphatic heterocycles. The average molecular weight is 389 g/mol. The molecule has 1 fully saturated rings. The van der Waals surface area contributed by atoms with Crippen molar-refractivity contribution in [2.75, 3.05) is 26.8 Å². The number of carbonyl (C=O) groups excluding carboxylic acids is 1. The number of ether oxygens (including phenoxy) is 2. The smallest absolute Gasteiger partial charge is 0.310 e. The summed E-state index contributed by atoms with van der Waals surface area (Å²) >= 11 is 0. The fourth-order valence-electron chi connectivity index (χ4n) is 2.77. The monoisotopic (exact) mass is 389 g/mol. The molecule has 1 atom stereocenters. The van der Waals surface area contributed by atoms with Crippen molar-refractivity contribution in [2.45, 2.75) is 24.3 Å². The molecule has 0 N–H and O–H groups in total. The van der Waals surface area contributed by atoms with Crippen LogP contribution in [0.25, 0.3) is 11.1 Å². The molecular formula is C20H23NO5S. The summed E-state index contributed by atoms with van der Waals surface area (Å²) in [4.78, 5) is 11.8. The number of likely N-dealkylation sites (N-methyl/N-ethyl adjacent to an activating group) is 1. The number of epoxide rings is 1. The predicted molar refractivity (Wildman–Crippen MR) is 102 cm³/mol. The lowest BCUT2D eigenvalue weighted by Crippen LogP contribution is -2.30. The van der Waals surface area contributed by atoms with E-state index in [1.54, 1.807) is 32.2 Å². The maximum absolute atomic E-state index is 12.7. The highest BCUT2D eigenvalue weighted by molar-refractivity contribution is 7.89. The Balaban J connectivity index is 1.77. The Morgan fingerprint density at radius 1 is 1.19 bits per heavy atom. The van der Waals surface area contributed by atoms with Crippen molar-refractivity contribution in [1.29, 1.82) is 0 Å². The van der Waals surface area contributed by atoms with Crippen molar-refractivity contribution >= 4 is 16.0 Å². The van der Waals surface area contributed by atoms with Gasteiger partial charge in [-0.1, -0.05) is 36.4 Å². The largest absolute Gasteiger partial charge is 0.466 e. The highest BCUT2D eigenvalue weighted by Gasteiger charge is 2.30. The molecule has 0 radical (unpaired) electrons. The summed E-state index contributed by atoms with van der Waals surface area (Å²) in [6.07, 6.45) is 0.219. The fourth-order valence-corrected chi connectivity index (χ4v) is 4.02. The molecule has 7 heteroatoms. The number of nitrogens with zero attached hydrogens (tertiary/aromatic N) is 1. The van der Waals surface area contributed by atoms with Crippen molar-refractivity contribution in [3.8, 4) is 11.1 Å². The third-order valence-electron chi connectivity index (χ3n) is 4.35. The summed E-state index contributed by atoms with van der Waals surface area (Å²) in [5.41, 5.74) is 2.54. The number of esters is 1. The summed E-state index contributed by atoms with van der Waals surface area (Å²) < 4.78 is 36.9. The highest BCUT2D eigenvalue weighted by Crippen LogP contribution is 2.25. The van der Waals surface area contributed by atoms with E-state index in [4.69, 9.17) is 9.47 Å². The Hall–Kier alpha value is -2.22. The molecule has 1 saturated heterocycles. The van der Waals surface area contributed by atoms with Gasteiger partial charge in [-0.25, -0.2) is 8.42 Å². The summed E-state index contributed by atoms with van der Waals surface area (Å²) in [6.45, 7) is 3.10. The minimum absolute atomic E-state index is 0.0000924. The van der Waals surface area contributed by atoms with Crippen LogP contribution in [0.1, 0.15) is 12.5 Å². The van der Waals surface area contributed by atoms with Gasteiger partial charge in [0.15, 0.2) is 0 Å². The number of benzene rings is 2. The van der Waals surface area contributed by atoms with Gasteiger partial charge in [-0.15, -0.1) is 0 Å². The van der Waals surface area contributed by atoms with Crippen LogP contribution < -0.4 is 0 Å². The number of rotatable bonds is 8. The van der Waals surface area contributed by atoms with Crippen LogP contribution in [0.5, 0.6) is 0 Å². The van der Waals surface area contributed by atoms with Crippen LogP contribution in [0.2, 0.25) is 0 Å². The maximum atomic E-state index is 12.7. The number of sulfonamides is 1. The van der Waals surface area contributed by atoms with Crippen LogP contribution in [0.15, 0.2) is 53.4 Å². The minimum atomic E-state index is -3.56.